The van der Waals surface area contributed by atoms with Crippen LogP contribution < -0.4 is 14.2 Å². The third-order valence-corrected chi connectivity index (χ3v) is 12.3. The molecule has 0 aliphatic carbocycles. The second-order valence-corrected chi connectivity index (χ2v) is 17.6. The van der Waals surface area contributed by atoms with E-state index < -0.39 is 185 Å². The van der Waals surface area contributed by atoms with Gasteiger partial charge in [-0.05, 0) is 96.4 Å². The van der Waals surface area contributed by atoms with Crippen molar-refractivity contribution >= 4 is 11.6 Å². The molecule has 0 unspecified atom stereocenters. The Bertz CT molecular complexity index is 3410. The molecule has 6 aromatic rings. The highest BCUT2D eigenvalue weighted by atomic mass is 19.5. The first-order valence-electron chi connectivity index (χ1n) is 22.3. The second-order valence-electron chi connectivity index (χ2n) is 17.6. The van der Waals surface area contributed by atoms with Crippen molar-refractivity contribution in [3.8, 4) is 28.7 Å². The fraction of sp³-hybridized carbons (Fsp3) is 0.255. The van der Waals surface area contributed by atoms with Gasteiger partial charge in [0, 0.05) is 22.3 Å². The van der Waals surface area contributed by atoms with E-state index in [9.17, 15) is 115 Å². The molecule has 0 saturated carbocycles. The third kappa shape index (κ3) is 12.6. The number of ether oxygens (including phenoxy) is 3. The normalized spacial score (nSPS) is 13.7. The van der Waals surface area contributed by atoms with Gasteiger partial charge in [-0.1, -0.05) is 24.3 Å². The maximum atomic E-state index is 15.0. The monoisotopic (exact) mass is 1280 g/mol. The van der Waals surface area contributed by atoms with Crippen molar-refractivity contribution in [1.82, 2.24) is 0 Å². The first-order chi connectivity index (χ1) is 38.7. The first-order valence-corrected chi connectivity index (χ1v) is 22.3. The van der Waals surface area contributed by atoms with Crippen LogP contribution in [0.15, 0.2) is 97.1 Å². The summed E-state index contributed by atoms with van der Waals surface area (Å²) in [5.41, 5.74) is -50.6. The number of hydrogen-bond donors (Lipinski definition) is 0. The first kappa shape index (κ1) is 67.1. The SMILES string of the molecule is COc1ccc(C(c2ccc(Oc3c(C(F)(F)F)c(C(F)(F)F)c(C(=O)c4ccc(Oc5ccc(C(=O)c6c(C(F)(F)F)c(C(F)(F)F)c(C)c(C(F)(F)F)c6C(F)(F)F)cc5)cc4)c(C(F)(F)F)c3C(F)(F)F)cc2)(C(F)(F)F)C(F)(F)F)cc1. The number of alkyl halides is 30. The summed E-state index contributed by atoms with van der Waals surface area (Å²) in [5.74, 6) is -13.2. The van der Waals surface area contributed by atoms with E-state index in [1.165, 1.54) is 0 Å². The lowest BCUT2D eigenvalue weighted by Gasteiger charge is -2.38. The summed E-state index contributed by atoms with van der Waals surface area (Å²) in [6.45, 7) is -0.385. The van der Waals surface area contributed by atoms with Crippen molar-refractivity contribution in [2.45, 2.75) is 74.1 Å². The van der Waals surface area contributed by atoms with Crippen molar-refractivity contribution in [3.05, 3.63) is 181 Å². The molecule has 0 heterocycles. The van der Waals surface area contributed by atoms with Crippen LogP contribution >= 0.6 is 0 Å². The van der Waals surface area contributed by atoms with Crippen LogP contribution in [0.3, 0.4) is 0 Å². The van der Waals surface area contributed by atoms with E-state index >= 15 is 26.3 Å². The topological polar surface area (TPSA) is 61.8 Å². The number of methoxy groups -OCH3 is 1. The van der Waals surface area contributed by atoms with Crippen LogP contribution in [0, 0.1) is 6.92 Å². The molecule has 0 radical (unpaired) electrons. The molecule has 466 valence electrons. The van der Waals surface area contributed by atoms with Crippen LogP contribution in [0.25, 0.3) is 0 Å². The summed E-state index contributed by atoms with van der Waals surface area (Å²) in [6, 6.07) is 1.98. The standard InChI is InChI=1S/C51H22F30O5/c1-19-30(42(52,53)54)32(44(58,59)60)28(33(45(61,62)63)31(19)43(55,56)57)38(82)20-3-11-25(12-4-20)85-26-13-5-21(6-14-26)39(83)29-34(46(64,65)66)36(48(70,71)72)40(37(49(73,74)75)35(29)47(67,68)69)86-27-17-9-23(10-18-27)41(50(76,77)78,51(79,80)81)22-7-15-24(84-2)16-8-22/h3-18H,1-2H3. The quantitative estimate of drug-likeness (QED) is 0.0955. The molecule has 0 aliphatic heterocycles. The Labute approximate surface area is 457 Å². The van der Waals surface area contributed by atoms with Gasteiger partial charge in [-0.15, -0.1) is 0 Å². The van der Waals surface area contributed by atoms with Crippen molar-refractivity contribution < 1.29 is 156 Å². The summed E-state index contributed by atoms with van der Waals surface area (Å²) in [5, 5.41) is 0. The molecule has 0 bridgehead atoms. The third-order valence-electron chi connectivity index (χ3n) is 12.3. The molecule has 0 saturated heterocycles. The number of benzene rings is 6. The van der Waals surface area contributed by atoms with Gasteiger partial charge < -0.3 is 14.2 Å². The fourth-order valence-electron chi connectivity index (χ4n) is 9.03. The fourth-order valence-corrected chi connectivity index (χ4v) is 9.03. The summed E-state index contributed by atoms with van der Waals surface area (Å²) in [7, 11) is 0.933. The van der Waals surface area contributed by atoms with Crippen LogP contribution in [0.1, 0.15) is 93.0 Å². The van der Waals surface area contributed by atoms with E-state index in [1.807, 2.05) is 0 Å². The maximum Gasteiger partial charge on any atom is 0.420 e. The average molecular weight is 1280 g/mol. The summed E-state index contributed by atoms with van der Waals surface area (Å²) in [6.07, 6.45) is -67.4. The van der Waals surface area contributed by atoms with Crippen molar-refractivity contribution in [2.75, 3.05) is 7.11 Å². The van der Waals surface area contributed by atoms with E-state index in [4.69, 9.17) is 4.74 Å². The van der Waals surface area contributed by atoms with Crippen LogP contribution in [0.4, 0.5) is 132 Å². The predicted octanol–water partition coefficient (Wildman–Crippen LogP) is 19.6. The van der Waals surface area contributed by atoms with Crippen molar-refractivity contribution in [1.29, 1.82) is 0 Å². The number of carbonyl (C=O) groups is 2. The zero-order valence-electron chi connectivity index (χ0n) is 41.1. The molecule has 0 amide bonds. The van der Waals surface area contributed by atoms with Crippen LogP contribution in [0.5, 0.6) is 28.7 Å². The lowest BCUT2D eigenvalue weighted by atomic mass is 9.73. The Morgan fingerprint density at radius 3 is 0.779 bits per heavy atom. The van der Waals surface area contributed by atoms with Crippen molar-refractivity contribution in [3.63, 3.8) is 0 Å². The summed E-state index contributed by atoms with van der Waals surface area (Å²) < 4.78 is 452. The minimum atomic E-state index is -7.03. The number of rotatable bonds is 11. The van der Waals surface area contributed by atoms with E-state index in [0.717, 1.165) is 7.11 Å². The number of halogens is 30. The minimum Gasteiger partial charge on any atom is -0.497 e. The smallest absolute Gasteiger partial charge is 0.420 e. The highest BCUT2D eigenvalue weighted by Gasteiger charge is 2.72. The largest absolute Gasteiger partial charge is 0.497 e. The molecule has 0 N–H and O–H groups in total. The van der Waals surface area contributed by atoms with Gasteiger partial charge >= 0.3 is 61.8 Å². The van der Waals surface area contributed by atoms with Gasteiger partial charge in [0.05, 0.1) is 40.5 Å². The van der Waals surface area contributed by atoms with Crippen molar-refractivity contribution in [2.24, 2.45) is 0 Å². The van der Waals surface area contributed by atoms with Crippen LogP contribution in [-0.4, -0.2) is 31.0 Å². The molecule has 0 atom stereocenters. The maximum absolute atomic E-state index is 15.0. The molecule has 6 aromatic carbocycles. The molecule has 0 fully saturated rings. The molecular formula is C51H22F30O5. The van der Waals surface area contributed by atoms with E-state index in [1.54, 1.807) is 0 Å². The molecule has 6 rings (SSSR count). The Hall–Kier alpha value is -8.04. The summed E-state index contributed by atoms with van der Waals surface area (Å²) in [4.78, 5) is 27.2. The van der Waals surface area contributed by atoms with E-state index in [0.29, 0.717) is 24.3 Å². The van der Waals surface area contributed by atoms with E-state index in [2.05, 4.69) is 9.47 Å². The second kappa shape index (κ2) is 21.7. The minimum absolute atomic E-state index is 0.0431. The number of ketones is 2. The molecule has 5 nitrogen and oxygen atoms in total. The molecule has 0 aromatic heterocycles. The Kier molecular flexibility index (Phi) is 17.0. The van der Waals surface area contributed by atoms with Crippen LogP contribution in [-0.2, 0) is 54.8 Å². The van der Waals surface area contributed by atoms with Gasteiger partial charge in [0.15, 0.2) is 17.3 Å². The van der Waals surface area contributed by atoms with Gasteiger partial charge in [-0.3, -0.25) is 9.59 Å². The van der Waals surface area contributed by atoms with E-state index in [-0.39, 0.29) is 85.5 Å². The number of carbonyl (C=O) groups excluding carboxylic acids is 2. The number of hydrogen-bond acceptors (Lipinski definition) is 5. The molecule has 35 heteroatoms. The Balaban J connectivity index is 1.48. The van der Waals surface area contributed by atoms with Gasteiger partial charge in [-0.25, -0.2) is 0 Å². The van der Waals surface area contributed by atoms with Crippen LogP contribution in [0.2, 0.25) is 0 Å². The van der Waals surface area contributed by atoms with Gasteiger partial charge in [0.2, 0.25) is 5.41 Å². The lowest BCUT2D eigenvalue weighted by molar-refractivity contribution is -0.288. The Morgan fingerprint density at radius 1 is 0.302 bits per heavy atom. The van der Waals surface area contributed by atoms with Gasteiger partial charge in [-0.2, -0.15) is 132 Å². The molecule has 86 heavy (non-hydrogen) atoms. The molecular weight excluding hydrogens is 1260 g/mol. The molecule has 0 spiro atoms. The average Bonchev–Trinajstić information content (AvgIpc) is 0.740. The highest BCUT2D eigenvalue weighted by molar-refractivity contribution is 6.13. The predicted molar refractivity (Wildman–Crippen MR) is 230 cm³/mol. The lowest BCUT2D eigenvalue weighted by Crippen LogP contribution is -2.54. The highest BCUT2D eigenvalue weighted by Crippen LogP contribution is 2.60. The zero-order valence-corrected chi connectivity index (χ0v) is 41.1. The molecule has 0 aliphatic rings. The van der Waals surface area contributed by atoms with Gasteiger partial charge in [0.1, 0.15) is 34.1 Å². The zero-order chi connectivity index (χ0) is 65.6. The van der Waals surface area contributed by atoms with Gasteiger partial charge in [0.25, 0.3) is 0 Å². The summed E-state index contributed by atoms with van der Waals surface area (Å²) >= 11 is 0. The Morgan fingerprint density at radius 2 is 0.535 bits per heavy atom.